The third-order valence-electron chi connectivity index (χ3n) is 6.57. The Morgan fingerprint density at radius 2 is 1.65 bits per heavy atom. The van der Waals surface area contributed by atoms with Gasteiger partial charge in [0.05, 0.1) is 12.7 Å². The molecule has 2 aromatic carbocycles. The average Bonchev–Trinajstić information content (AvgIpc) is 3.38. The Balaban J connectivity index is 1.81. The lowest BCUT2D eigenvalue weighted by atomic mass is 9.72. The molecule has 6 nitrogen and oxygen atoms in total. The number of carbonyl (C=O) groups excluding carboxylic acids is 2. The maximum atomic E-state index is 14.1. The van der Waals surface area contributed by atoms with E-state index in [1.54, 1.807) is 19.2 Å². The van der Waals surface area contributed by atoms with Crippen molar-refractivity contribution in [1.82, 2.24) is 15.5 Å². The fraction of sp³-hybridized carbons (Fsp3) is 0.440. The smallest absolute Gasteiger partial charge is 0.256 e. The molecule has 6 heteroatoms. The number of benzene rings is 2. The number of methoxy groups -OCH3 is 1. The predicted molar refractivity (Wildman–Crippen MR) is 120 cm³/mol. The van der Waals surface area contributed by atoms with Gasteiger partial charge in [0.15, 0.2) is 0 Å². The van der Waals surface area contributed by atoms with Crippen LogP contribution in [-0.2, 0) is 10.3 Å². The van der Waals surface area contributed by atoms with E-state index in [4.69, 9.17) is 4.74 Å². The van der Waals surface area contributed by atoms with Crippen molar-refractivity contribution in [3.8, 4) is 5.75 Å². The molecule has 0 aliphatic carbocycles. The van der Waals surface area contributed by atoms with E-state index in [1.807, 2.05) is 47.4 Å². The second-order valence-corrected chi connectivity index (χ2v) is 8.35. The molecular weight excluding hydrogens is 390 g/mol. The van der Waals surface area contributed by atoms with Crippen LogP contribution >= 0.6 is 0 Å². The Morgan fingerprint density at radius 3 is 2.32 bits per heavy atom. The number of hydrogen-bond donors (Lipinski definition) is 2. The van der Waals surface area contributed by atoms with Gasteiger partial charge in [-0.05, 0) is 62.4 Å². The molecule has 2 N–H and O–H groups in total. The van der Waals surface area contributed by atoms with Gasteiger partial charge in [0.1, 0.15) is 11.3 Å². The zero-order chi connectivity index (χ0) is 21.7. The first-order valence-electron chi connectivity index (χ1n) is 11.2. The molecule has 2 aliphatic heterocycles. The first-order valence-corrected chi connectivity index (χ1v) is 11.2. The van der Waals surface area contributed by atoms with Gasteiger partial charge in [-0.15, -0.1) is 0 Å². The molecule has 0 radical (unpaired) electrons. The minimum absolute atomic E-state index is 0.00269. The molecule has 2 aliphatic rings. The third-order valence-corrected chi connectivity index (χ3v) is 6.57. The lowest BCUT2D eigenvalue weighted by Crippen LogP contribution is -2.62. The van der Waals surface area contributed by atoms with Crippen LogP contribution in [0.3, 0.4) is 0 Å². The van der Waals surface area contributed by atoms with Crippen LogP contribution in [0.15, 0.2) is 54.6 Å². The Kier molecular flexibility index (Phi) is 6.56. The van der Waals surface area contributed by atoms with Gasteiger partial charge in [-0.3, -0.25) is 9.59 Å². The standard InChI is InChI=1S/C25H31N3O3/c1-31-22-12-6-5-11-21(22)23(29)27-25(19-9-3-2-4-10-19,20-13-15-26-16-14-20)24(30)28-17-7-8-18-28/h2-6,9-12,20,26H,7-8,13-18H2,1H3,(H,27,29). The lowest BCUT2D eigenvalue weighted by Gasteiger charge is -2.44. The molecule has 1 atom stereocenters. The molecule has 2 heterocycles. The Labute approximate surface area is 184 Å². The normalized spacial score (nSPS) is 18.9. The van der Waals surface area contributed by atoms with E-state index < -0.39 is 5.54 Å². The summed E-state index contributed by atoms with van der Waals surface area (Å²) < 4.78 is 5.43. The number of piperidine rings is 1. The van der Waals surface area contributed by atoms with Crippen LogP contribution in [0.4, 0.5) is 0 Å². The maximum absolute atomic E-state index is 14.1. The lowest BCUT2D eigenvalue weighted by molar-refractivity contribution is -0.140. The molecule has 2 fully saturated rings. The summed E-state index contributed by atoms with van der Waals surface area (Å²) in [7, 11) is 1.55. The molecule has 2 amide bonds. The molecule has 4 rings (SSSR count). The molecule has 1 unspecified atom stereocenters. The van der Waals surface area contributed by atoms with Gasteiger partial charge in [-0.2, -0.15) is 0 Å². The number of nitrogens with one attached hydrogen (secondary N) is 2. The van der Waals surface area contributed by atoms with Crippen LogP contribution in [0.1, 0.15) is 41.6 Å². The number of ether oxygens (including phenoxy) is 1. The number of amides is 2. The van der Waals surface area contributed by atoms with E-state index in [1.165, 1.54) is 0 Å². The zero-order valence-corrected chi connectivity index (χ0v) is 18.1. The predicted octanol–water partition coefficient (Wildman–Crippen LogP) is 2.94. The summed E-state index contributed by atoms with van der Waals surface area (Å²) in [4.78, 5) is 29.7. The largest absolute Gasteiger partial charge is 0.496 e. The highest BCUT2D eigenvalue weighted by Gasteiger charge is 2.50. The second-order valence-electron chi connectivity index (χ2n) is 8.35. The summed E-state index contributed by atoms with van der Waals surface area (Å²) in [5.41, 5.74) is 0.182. The zero-order valence-electron chi connectivity index (χ0n) is 18.1. The Morgan fingerprint density at radius 1 is 1.00 bits per heavy atom. The molecule has 164 valence electrons. The summed E-state index contributed by atoms with van der Waals surface area (Å²) in [5.74, 6) is 0.225. The summed E-state index contributed by atoms with van der Waals surface area (Å²) >= 11 is 0. The van der Waals surface area contributed by atoms with E-state index in [0.29, 0.717) is 11.3 Å². The average molecular weight is 422 g/mol. The molecular formula is C25H31N3O3. The SMILES string of the molecule is COc1ccccc1C(=O)NC(C(=O)N1CCCC1)(c1ccccc1)C1CCNCC1. The highest BCUT2D eigenvalue weighted by molar-refractivity contribution is 6.01. The van der Waals surface area contributed by atoms with Crippen molar-refractivity contribution in [2.24, 2.45) is 5.92 Å². The minimum Gasteiger partial charge on any atom is -0.496 e. The van der Waals surface area contributed by atoms with Gasteiger partial charge in [0.25, 0.3) is 11.8 Å². The molecule has 0 aromatic heterocycles. The van der Waals surface area contributed by atoms with Crippen molar-refractivity contribution >= 4 is 11.8 Å². The first kappa shape index (κ1) is 21.4. The van der Waals surface area contributed by atoms with Crippen LogP contribution in [0, 0.1) is 5.92 Å². The van der Waals surface area contributed by atoms with Gasteiger partial charge in [0, 0.05) is 13.1 Å². The number of nitrogens with zero attached hydrogens (tertiary/aromatic N) is 1. The van der Waals surface area contributed by atoms with E-state index in [-0.39, 0.29) is 17.7 Å². The quantitative estimate of drug-likeness (QED) is 0.752. The minimum atomic E-state index is -1.11. The maximum Gasteiger partial charge on any atom is 0.256 e. The van der Waals surface area contributed by atoms with Gasteiger partial charge in [-0.25, -0.2) is 0 Å². The third kappa shape index (κ3) is 4.17. The van der Waals surface area contributed by atoms with Crippen molar-refractivity contribution in [2.45, 2.75) is 31.2 Å². The van der Waals surface area contributed by atoms with Crippen molar-refractivity contribution < 1.29 is 14.3 Å². The van der Waals surface area contributed by atoms with Crippen molar-refractivity contribution in [2.75, 3.05) is 33.3 Å². The molecule has 0 saturated carbocycles. The fourth-order valence-corrected chi connectivity index (χ4v) is 4.97. The Hall–Kier alpha value is -2.86. The topological polar surface area (TPSA) is 70.7 Å². The monoisotopic (exact) mass is 421 g/mol. The van der Waals surface area contributed by atoms with E-state index in [9.17, 15) is 9.59 Å². The number of rotatable bonds is 6. The number of carbonyl (C=O) groups is 2. The second kappa shape index (κ2) is 9.52. The Bertz CT molecular complexity index is 905. The van der Waals surface area contributed by atoms with Crippen LogP contribution in [0.5, 0.6) is 5.75 Å². The molecule has 0 spiro atoms. The first-order chi connectivity index (χ1) is 15.2. The van der Waals surface area contributed by atoms with E-state index in [2.05, 4.69) is 10.6 Å². The summed E-state index contributed by atoms with van der Waals surface area (Å²) in [6.07, 6.45) is 3.65. The number of hydrogen-bond acceptors (Lipinski definition) is 4. The van der Waals surface area contributed by atoms with Gasteiger partial charge in [-0.1, -0.05) is 42.5 Å². The number of para-hydroxylation sites is 1. The highest BCUT2D eigenvalue weighted by atomic mass is 16.5. The summed E-state index contributed by atoms with van der Waals surface area (Å²) in [5, 5.41) is 6.64. The fourth-order valence-electron chi connectivity index (χ4n) is 4.97. The molecule has 31 heavy (non-hydrogen) atoms. The van der Waals surface area contributed by atoms with Crippen LogP contribution in [-0.4, -0.2) is 50.0 Å². The van der Waals surface area contributed by atoms with E-state index >= 15 is 0 Å². The van der Waals surface area contributed by atoms with Gasteiger partial charge >= 0.3 is 0 Å². The van der Waals surface area contributed by atoms with Crippen LogP contribution in [0.25, 0.3) is 0 Å². The van der Waals surface area contributed by atoms with Crippen LogP contribution in [0.2, 0.25) is 0 Å². The summed E-state index contributed by atoms with van der Waals surface area (Å²) in [6.45, 7) is 3.14. The van der Waals surface area contributed by atoms with Gasteiger partial charge < -0.3 is 20.3 Å². The highest BCUT2D eigenvalue weighted by Crippen LogP contribution is 2.39. The van der Waals surface area contributed by atoms with Crippen LogP contribution < -0.4 is 15.4 Å². The van der Waals surface area contributed by atoms with E-state index in [0.717, 1.165) is 57.4 Å². The molecule has 2 saturated heterocycles. The molecule has 0 bridgehead atoms. The number of likely N-dealkylation sites (tertiary alicyclic amines) is 1. The van der Waals surface area contributed by atoms with Gasteiger partial charge in [0.2, 0.25) is 0 Å². The summed E-state index contributed by atoms with van der Waals surface area (Å²) in [6, 6.07) is 16.9. The van der Waals surface area contributed by atoms with Crippen molar-refractivity contribution in [3.63, 3.8) is 0 Å². The molecule has 2 aromatic rings. The van der Waals surface area contributed by atoms with Crippen molar-refractivity contribution in [3.05, 3.63) is 65.7 Å². The van der Waals surface area contributed by atoms with Crippen molar-refractivity contribution in [1.29, 1.82) is 0 Å².